The number of nitrogens with one attached hydrogen (secondary N) is 3. The SMILES string of the molecule is CC(C)C(=O)Nc1cncc(-c2ccc3[nH]nc(-c4nc5c(-c6cccs6)cncc5[nH]4)c3c2)c1. The van der Waals surface area contributed by atoms with Crippen molar-refractivity contribution in [3.8, 4) is 33.1 Å². The fourth-order valence-electron chi connectivity index (χ4n) is 3.98. The van der Waals surface area contributed by atoms with Crippen LogP contribution in [0.1, 0.15) is 13.8 Å². The molecule has 0 aliphatic heterocycles. The summed E-state index contributed by atoms with van der Waals surface area (Å²) in [6, 6.07) is 12.1. The topological polar surface area (TPSA) is 112 Å². The minimum Gasteiger partial charge on any atom is -0.335 e. The van der Waals surface area contributed by atoms with Crippen molar-refractivity contribution in [1.82, 2.24) is 30.1 Å². The number of benzene rings is 1. The van der Waals surface area contributed by atoms with E-state index in [4.69, 9.17) is 4.98 Å². The third kappa shape index (κ3) is 3.85. The molecule has 0 saturated carbocycles. The Labute approximate surface area is 204 Å². The third-order valence-electron chi connectivity index (χ3n) is 5.83. The molecule has 0 radical (unpaired) electrons. The van der Waals surface area contributed by atoms with Gasteiger partial charge in [0.2, 0.25) is 5.91 Å². The van der Waals surface area contributed by atoms with E-state index in [-0.39, 0.29) is 11.8 Å². The van der Waals surface area contributed by atoms with Crippen LogP contribution in [0.25, 0.3) is 55.0 Å². The summed E-state index contributed by atoms with van der Waals surface area (Å²) < 4.78 is 0. The lowest BCUT2D eigenvalue weighted by Gasteiger charge is -2.09. The van der Waals surface area contributed by atoms with Crippen molar-refractivity contribution in [1.29, 1.82) is 0 Å². The van der Waals surface area contributed by atoms with E-state index < -0.39 is 0 Å². The molecule has 0 spiro atoms. The molecule has 0 bridgehead atoms. The van der Waals surface area contributed by atoms with Gasteiger partial charge in [0.05, 0.1) is 29.1 Å². The quantitative estimate of drug-likeness (QED) is 0.286. The number of imidazole rings is 1. The number of nitrogens with zero attached hydrogens (tertiary/aromatic N) is 4. The summed E-state index contributed by atoms with van der Waals surface area (Å²) in [4.78, 5) is 30.2. The number of pyridine rings is 2. The number of hydrogen-bond acceptors (Lipinski definition) is 6. The second-order valence-corrected chi connectivity index (χ2v) is 9.53. The molecule has 5 heterocycles. The molecule has 1 amide bonds. The molecule has 0 saturated heterocycles. The van der Waals surface area contributed by atoms with E-state index in [0.29, 0.717) is 11.5 Å². The van der Waals surface area contributed by atoms with E-state index in [1.54, 1.807) is 29.9 Å². The van der Waals surface area contributed by atoms with Gasteiger partial charge in [-0.2, -0.15) is 5.10 Å². The number of rotatable bonds is 5. The Morgan fingerprint density at radius 1 is 1.00 bits per heavy atom. The normalized spacial score (nSPS) is 11.5. The van der Waals surface area contributed by atoms with Crippen molar-refractivity contribution < 1.29 is 4.79 Å². The maximum absolute atomic E-state index is 12.1. The predicted molar refractivity (Wildman–Crippen MR) is 139 cm³/mol. The summed E-state index contributed by atoms with van der Waals surface area (Å²) in [6.45, 7) is 3.72. The molecule has 0 aliphatic rings. The number of thiophene rings is 1. The van der Waals surface area contributed by atoms with Crippen LogP contribution in [0.3, 0.4) is 0 Å². The fourth-order valence-corrected chi connectivity index (χ4v) is 4.72. The zero-order chi connectivity index (χ0) is 23.9. The van der Waals surface area contributed by atoms with Crippen LogP contribution in [0.4, 0.5) is 5.69 Å². The Morgan fingerprint density at radius 2 is 1.89 bits per heavy atom. The number of hydrogen-bond donors (Lipinski definition) is 3. The van der Waals surface area contributed by atoms with Gasteiger partial charge in [0.25, 0.3) is 0 Å². The lowest BCUT2D eigenvalue weighted by atomic mass is 10.0. The van der Waals surface area contributed by atoms with Gasteiger partial charge in [0, 0.05) is 39.7 Å². The average molecular weight is 480 g/mol. The van der Waals surface area contributed by atoms with Crippen LogP contribution in [0.2, 0.25) is 0 Å². The highest BCUT2D eigenvalue weighted by Gasteiger charge is 2.17. The smallest absolute Gasteiger partial charge is 0.226 e. The van der Waals surface area contributed by atoms with Crippen LogP contribution in [-0.4, -0.2) is 36.0 Å². The molecule has 0 fully saturated rings. The first-order valence-corrected chi connectivity index (χ1v) is 12.1. The highest BCUT2D eigenvalue weighted by molar-refractivity contribution is 7.13. The predicted octanol–water partition coefficient (Wildman–Crippen LogP) is 5.89. The number of fused-ring (bicyclic) bond motifs is 2. The van der Waals surface area contributed by atoms with Gasteiger partial charge in [0.15, 0.2) is 5.82 Å². The molecule has 1 aromatic carbocycles. The van der Waals surface area contributed by atoms with Gasteiger partial charge in [-0.25, -0.2) is 4.98 Å². The van der Waals surface area contributed by atoms with Gasteiger partial charge in [-0.3, -0.25) is 19.9 Å². The van der Waals surface area contributed by atoms with Gasteiger partial charge < -0.3 is 10.3 Å². The monoisotopic (exact) mass is 479 g/mol. The maximum atomic E-state index is 12.1. The molecule has 0 unspecified atom stereocenters. The van der Waals surface area contributed by atoms with Crippen LogP contribution in [-0.2, 0) is 4.79 Å². The molecule has 3 N–H and O–H groups in total. The number of aromatic nitrogens is 6. The second kappa shape index (κ2) is 8.44. The molecule has 0 atom stereocenters. The van der Waals surface area contributed by atoms with Crippen molar-refractivity contribution in [2.75, 3.05) is 5.32 Å². The van der Waals surface area contributed by atoms with Crippen molar-refractivity contribution >= 4 is 44.9 Å². The molecule has 5 aromatic heterocycles. The standard InChI is InChI=1S/C26H21N7OS/c1-14(2)26(34)29-17-8-16(10-27-11-17)15-5-6-20-18(9-15)24(33-32-20)25-30-21-13-28-12-19(23(21)31-25)22-4-3-7-35-22/h3-14H,1-2H3,(H,29,34)(H,30,31)(H,32,33). The largest absolute Gasteiger partial charge is 0.335 e. The first-order valence-electron chi connectivity index (χ1n) is 11.2. The van der Waals surface area contributed by atoms with Crippen molar-refractivity contribution in [3.05, 3.63) is 66.6 Å². The number of anilines is 1. The maximum Gasteiger partial charge on any atom is 0.226 e. The van der Waals surface area contributed by atoms with Crippen LogP contribution in [0, 0.1) is 5.92 Å². The van der Waals surface area contributed by atoms with E-state index in [2.05, 4.69) is 42.6 Å². The fraction of sp³-hybridized carbons (Fsp3) is 0.115. The van der Waals surface area contributed by atoms with Crippen molar-refractivity contribution in [3.63, 3.8) is 0 Å². The highest BCUT2D eigenvalue weighted by Crippen LogP contribution is 2.34. The van der Waals surface area contributed by atoms with Crippen molar-refractivity contribution in [2.45, 2.75) is 13.8 Å². The number of carbonyl (C=O) groups excluding carboxylic acids is 1. The summed E-state index contributed by atoms with van der Waals surface area (Å²) in [6.07, 6.45) is 7.06. The molecule has 8 nitrogen and oxygen atoms in total. The summed E-state index contributed by atoms with van der Waals surface area (Å²) in [5.74, 6) is 0.519. The lowest BCUT2D eigenvalue weighted by Crippen LogP contribution is -2.17. The molecular formula is C26H21N7OS. The number of H-pyrrole nitrogens is 2. The summed E-state index contributed by atoms with van der Waals surface area (Å²) in [7, 11) is 0. The zero-order valence-corrected chi connectivity index (χ0v) is 19.9. The van der Waals surface area contributed by atoms with E-state index >= 15 is 0 Å². The van der Waals surface area contributed by atoms with Crippen LogP contribution >= 0.6 is 11.3 Å². The Hall–Kier alpha value is -4.37. The molecule has 0 aliphatic carbocycles. The number of carbonyl (C=O) groups is 1. The molecule has 6 rings (SSSR count). The minimum absolute atomic E-state index is 0.0437. The highest BCUT2D eigenvalue weighted by atomic mass is 32.1. The Morgan fingerprint density at radius 3 is 2.71 bits per heavy atom. The van der Waals surface area contributed by atoms with Crippen LogP contribution in [0.15, 0.2) is 66.6 Å². The van der Waals surface area contributed by atoms with Gasteiger partial charge in [-0.15, -0.1) is 11.3 Å². The summed E-state index contributed by atoms with van der Waals surface area (Å²) >= 11 is 1.66. The number of amides is 1. The van der Waals surface area contributed by atoms with Gasteiger partial charge in [-0.1, -0.05) is 26.0 Å². The third-order valence-corrected chi connectivity index (χ3v) is 6.73. The van der Waals surface area contributed by atoms with Gasteiger partial charge >= 0.3 is 0 Å². The molecule has 172 valence electrons. The van der Waals surface area contributed by atoms with Gasteiger partial charge in [-0.05, 0) is 35.2 Å². The average Bonchev–Trinajstić information content (AvgIpc) is 3.62. The van der Waals surface area contributed by atoms with E-state index in [1.165, 1.54) is 0 Å². The molecular weight excluding hydrogens is 458 g/mol. The van der Waals surface area contributed by atoms with E-state index in [9.17, 15) is 4.79 Å². The van der Waals surface area contributed by atoms with E-state index in [0.717, 1.165) is 49.2 Å². The second-order valence-electron chi connectivity index (χ2n) is 8.58. The summed E-state index contributed by atoms with van der Waals surface area (Å²) in [5.41, 5.74) is 6.87. The Bertz CT molecular complexity index is 1680. The van der Waals surface area contributed by atoms with Crippen LogP contribution < -0.4 is 5.32 Å². The first kappa shape index (κ1) is 21.2. The Balaban J connectivity index is 1.41. The van der Waals surface area contributed by atoms with Crippen LogP contribution in [0.5, 0.6) is 0 Å². The molecule has 6 aromatic rings. The Kier molecular flexibility index (Phi) is 5.11. The molecule has 9 heteroatoms. The number of aromatic amines is 2. The zero-order valence-electron chi connectivity index (χ0n) is 19.0. The van der Waals surface area contributed by atoms with Crippen molar-refractivity contribution in [2.24, 2.45) is 5.92 Å². The minimum atomic E-state index is -0.108. The lowest BCUT2D eigenvalue weighted by molar-refractivity contribution is -0.118. The molecule has 35 heavy (non-hydrogen) atoms. The van der Waals surface area contributed by atoms with Gasteiger partial charge in [0.1, 0.15) is 11.2 Å². The summed E-state index contributed by atoms with van der Waals surface area (Å²) in [5, 5.41) is 13.6. The first-order chi connectivity index (χ1) is 17.1. The van der Waals surface area contributed by atoms with E-state index in [1.807, 2.05) is 49.7 Å².